The molecular weight excluding hydrogens is 397 g/mol. The van der Waals surface area contributed by atoms with Crippen molar-refractivity contribution < 1.29 is 17.9 Å². The predicted molar refractivity (Wildman–Crippen MR) is 106 cm³/mol. The van der Waals surface area contributed by atoms with E-state index in [0.29, 0.717) is 47.8 Å². The molecule has 0 amide bonds. The van der Waals surface area contributed by atoms with Crippen molar-refractivity contribution in [2.45, 2.75) is 25.9 Å². The average Bonchev–Trinajstić information content (AvgIpc) is 2.69. The molecule has 1 aliphatic rings. The number of fused-ring (bicyclic) bond motifs is 1. The maximum Gasteiger partial charge on any atom is 0.573 e. The summed E-state index contributed by atoms with van der Waals surface area (Å²) >= 11 is 0. The van der Waals surface area contributed by atoms with E-state index in [2.05, 4.69) is 14.7 Å². The molecule has 2 aromatic carbocycles. The molecule has 1 aromatic heterocycles. The molecule has 156 valence electrons. The molecular formula is C21H19F3N4O2. The van der Waals surface area contributed by atoms with E-state index in [0.717, 1.165) is 5.56 Å². The molecule has 0 radical (unpaired) electrons. The fourth-order valence-corrected chi connectivity index (χ4v) is 3.51. The Labute approximate surface area is 170 Å². The Morgan fingerprint density at radius 1 is 1.13 bits per heavy atom. The third-order valence-electron chi connectivity index (χ3n) is 4.93. The second-order valence-corrected chi connectivity index (χ2v) is 7.08. The quantitative estimate of drug-likeness (QED) is 0.637. The van der Waals surface area contributed by atoms with Gasteiger partial charge in [0, 0.05) is 42.0 Å². The van der Waals surface area contributed by atoms with E-state index in [9.17, 15) is 18.0 Å². The standard InChI is InChI=1S/C21H19F3N4O2/c22-21(23,24)30-18-4-2-1-3-14(18)11-28-10-9-16-17(12-28)26-19(27-20(16)29)13-5-7-15(25)8-6-13/h1-8H,9-12,25H2,(H,26,27,29). The van der Waals surface area contributed by atoms with Crippen LogP contribution in [0, 0.1) is 0 Å². The number of nitrogens with one attached hydrogen (secondary N) is 1. The zero-order valence-electron chi connectivity index (χ0n) is 15.9. The van der Waals surface area contributed by atoms with Crippen LogP contribution in [0.3, 0.4) is 0 Å². The van der Waals surface area contributed by atoms with Crippen LogP contribution in [0.25, 0.3) is 11.4 Å². The summed E-state index contributed by atoms with van der Waals surface area (Å²) < 4.78 is 42.2. The smallest absolute Gasteiger partial charge is 0.405 e. The van der Waals surface area contributed by atoms with E-state index in [1.165, 1.54) is 12.1 Å². The number of nitrogens with two attached hydrogens (primary N) is 1. The van der Waals surface area contributed by atoms with Gasteiger partial charge in [-0.3, -0.25) is 9.69 Å². The number of hydrogen-bond donors (Lipinski definition) is 2. The molecule has 3 aromatic rings. The number of benzene rings is 2. The number of ether oxygens (including phenoxy) is 1. The van der Waals surface area contributed by atoms with Crippen molar-refractivity contribution in [1.82, 2.24) is 14.9 Å². The highest BCUT2D eigenvalue weighted by atomic mass is 19.4. The van der Waals surface area contributed by atoms with E-state index in [1.54, 1.807) is 36.4 Å². The second-order valence-electron chi connectivity index (χ2n) is 7.08. The molecule has 0 unspecified atom stereocenters. The lowest BCUT2D eigenvalue weighted by Gasteiger charge is -2.28. The minimum Gasteiger partial charge on any atom is -0.405 e. The number of H-pyrrole nitrogens is 1. The third-order valence-corrected chi connectivity index (χ3v) is 4.93. The second kappa shape index (κ2) is 7.83. The minimum absolute atomic E-state index is 0.202. The number of nitrogen functional groups attached to an aromatic ring is 1. The van der Waals surface area contributed by atoms with E-state index in [-0.39, 0.29) is 17.9 Å². The summed E-state index contributed by atoms with van der Waals surface area (Å²) in [6, 6.07) is 13.0. The number of anilines is 1. The Morgan fingerprint density at radius 3 is 2.60 bits per heavy atom. The predicted octanol–water partition coefficient (Wildman–Crippen LogP) is 3.48. The molecule has 9 heteroatoms. The number of halogens is 3. The Bertz CT molecular complexity index is 1110. The SMILES string of the molecule is Nc1ccc(-c2nc3c(c(=O)[nH]2)CCN(Cc2ccccc2OC(F)(F)F)C3)cc1. The number of aromatic nitrogens is 2. The first-order valence-electron chi connectivity index (χ1n) is 9.32. The highest BCUT2D eigenvalue weighted by molar-refractivity contribution is 5.58. The van der Waals surface area contributed by atoms with Crippen molar-refractivity contribution in [2.24, 2.45) is 0 Å². The highest BCUT2D eigenvalue weighted by Crippen LogP contribution is 2.28. The number of aromatic amines is 1. The normalized spacial score (nSPS) is 14.4. The van der Waals surface area contributed by atoms with Crippen molar-refractivity contribution in [3.05, 3.63) is 75.7 Å². The monoisotopic (exact) mass is 416 g/mol. The van der Waals surface area contributed by atoms with Crippen LogP contribution in [0.4, 0.5) is 18.9 Å². The first-order chi connectivity index (χ1) is 14.3. The minimum atomic E-state index is -4.76. The van der Waals surface area contributed by atoms with Gasteiger partial charge in [-0.1, -0.05) is 18.2 Å². The number of hydrogen-bond acceptors (Lipinski definition) is 5. The molecule has 2 heterocycles. The molecule has 0 bridgehead atoms. The summed E-state index contributed by atoms with van der Waals surface area (Å²) in [5.74, 6) is 0.207. The summed E-state index contributed by atoms with van der Waals surface area (Å²) in [5.41, 5.74) is 8.47. The lowest BCUT2D eigenvalue weighted by Crippen LogP contribution is -2.35. The Balaban J connectivity index is 1.58. The Kier molecular flexibility index (Phi) is 5.21. The lowest BCUT2D eigenvalue weighted by atomic mass is 10.0. The maximum atomic E-state index is 12.7. The maximum absolute atomic E-state index is 12.7. The van der Waals surface area contributed by atoms with E-state index in [1.807, 2.05) is 4.90 Å². The highest BCUT2D eigenvalue weighted by Gasteiger charge is 2.32. The van der Waals surface area contributed by atoms with E-state index >= 15 is 0 Å². The van der Waals surface area contributed by atoms with Gasteiger partial charge in [-0.15, -0.1) is 13.2 Å². The summed E-state index contributed by atoms with van der Waals surface area (Å²) in [6.07, 6.45) is -4.30. The lowest BCUT2D eigenvalue weighted by molar-refractivity contribution is -0.275. The van der Waals surface area contributed by atoms with Crippen LogP contribution in [0.2, 0.25) is 0 Å². The van der Waals surface area contributed by atoms with Gasteiger partial charge >= 0.3 is 6.36 Å². The van der Waals surface area contributed by atoms with Crippen LogP contribution in [0.5, 0.6) is 5.75 Å². The fourth-order valence-electron chi connectivity index (χ4n) is 3.51. The summed E-state index contributed by atoms with van der Waals surface area (Å²) in [6.45, 7) is 1.12. The van der Waals surface area contributed by atoms with Gasteiger partial charge in [-0.25, -0.2) is 4.98 Å². The first kappa shape index (κ1) is 20.0. The van der Waals surface area contributed by atoms with Crippen LogP contribution in [0.1, 0.15) is 16.8 Å². The summed E-state index contributed by atoms with van der Waals surface area (Å²) in [4.78, 5) is 21.9. The zero-order chi connectivity index (χ0) is 21.3. The van der Waals surface area contributed by atoms with Crippen molar-refractivity contribution in [3.63, 3.8) is 0 Å². The molecule has 0 saturated heterocycles. The van der Waals surface area contributed by atoms with Crippen molar-refractivity contribution in [2.75, 3.05) is 12.3 Å². The molecule has 0 saturated carbocycles. The Hall–Kier alpha value is -3.33. The third kappa shape index (κ3) is 4.46. The number of rotatable bonds is 4. The molecule has 3 N–H and O–H groups in total. The zero-order valence-corrected chi connectivity index (χ0v) is 15.9. The molecule has 0 spiro atoms. The van der Waals surface area contributed by atoms with Crippen molar-refractivity contribution >= 4 is 5.69 Å². The Morgan fingerprint density at radius 2 is 1.87 bits per heavy atom. The molecule has 6 nitrogen and oxygen atoms in total. The summed E-state index contributed by atoms with van der Waals surface area (Å²) in [7, 11) is 0. The van der Waals surface area contributed by atoms with Crippen LogP contribution in [-0.2, 0) is 19.5 Å². The topological polar surface area (TPSA) is 84.2 Å². The van der Waals surface area contributed by atoms with Gasteiger partial charge in [0.15, 0.2) is 0 Å². The largest absolute Gasteiger partial charge is 0.573 e. The number of para-hydroxylation sites is 1. The van der Waals surface area contributed by atoms with Gasteiger partial charge in [-0.05, 0) is 36.8 Å². The average molecular weight is 416 g/mol. The summed E-state index contributed by atoms with van der Waals surface area (Å²) in [5, 5.41) is 0. The molecule has 30 heavy (non-hydrogen) atoms. The van der Waals surface area contributed by atoms with Crippen LogP contribution in [-0.4, -0.2) is 27.8 Å². The van der Waals surface area contributed by atoms with Crippen LogP contribution in [0.15, 0.2) is 53.3 Å². The number of nitrogens with zero attached hydrogens (tertiary/aromatic N) is 2. The first-order valence-corrected chi connectivity index (χ1v) is 9.32. The van der Waals surface area contributed by atoms with E-state index < -0.39 is 6.36 Å². The molecule has 0 fully saturated rings. The van der Waals surface area contributed by atoms with Crippen molar-refractivity contribution in [1.29, 1.82) is 0 Å². The van der Waals surface area contributed by atoms with Crippen LogP contribution >= 0.6 is 0 Å². The molecule has 0 atom stereocenters. The van der Waals surface area contributed by atoms with Gasteiger partial charge in [0.1, 0.15) is 11.6 Å². The van der Waals surface area contributed by atoms with Gasteiger partial charge < -0.3 is 15.5 Å². The fraction of sp³-hybridized carbons (Fsp3) is 0.238. The van der Waals surface area contributed by atoms with Gasteiger partial charge in [0.05, 0.1) is 5.69 Å². The van der Waals surface area contributed by atoms with Gasteiger partial charge in [0.25, 0.3) is 5.56 Å². The van der Waals surface area contributed by atoms with Gasteiger partial charge in [-0.2, -0.15) is 0 Å². The van der Waals surface area contributed by atoms with Gasteiger partial charge in [0.2, 0.25) is 0 Å². The molecule has 4 rings (SSSR count). The number of alkyl halides is 3. The molecule has 0 aliphatic carbocycles. The van der Waals surface area contributed by atoms with Crippen LogP contribution < -0.4 is 16.0 Å². The van der Waals surface area contributed by atoms with Crippen molar-refractivity contribution in [3.8, 4) is 17.1 Å². The van der Waals surface area contributed by atoms with E-state index in [4.69, 9.17) is 5.73 Å². The molecule has 1 aliphatic heterocycles.